The molecule has 0 saturated heterocycles. The molecule has 0 radical (unpaired) electrons. The second-order valence-corrected chi connectivity index (χ2v) is 5.31. The molecule has 3 heteroatoms. The van der Waals surface area contributed by atoms with Crippen molar-refractivity contribution in [2.45, 2.75) is 13.2 Å². The summed E-state index contributed by atoms with van der Waals surface area (Å²) in [6.45, 7) is 1.48. The fraction of sp³-hybridized carbons (Fsp3) is 0.200. The van der Waals surface area contributed by atoms with Gasteiger partial charge in [-0.25, -0.2) is 0 Å². The summed E-state index contributed by atoms with van der Waals surface area (Å²) in [7, 11) is 1.73. The molecule has 18 heavy (non-hydrogen) atoms. The van der Waals surface area contributed by atoms with Gasteiger partial charge in [-0.1, -0.05) is 24.3 Å². The van der Waals surface area contributed by atoms with Crippen molar-refractivity contribution in [1.82, 2.24) is 0 Å². The highest BCUT2D eigenvalue weighted by molar-refractivity contribution is 14.1. The molecule has 0 unspecified atom stereocenters. The number of hydrogen-bond acceptors (Lipinski definition) is 2. The number of benzene rings is 2. The maximum Gasteiger partial charge on any atom is 0.0716 e. The largest absolute Gasteiger partial charge is 0.381 e. The van der Waals surface area contributed by atoms with Gasteiger partial charge in [0.1, 0.15) is 0 Å². The lowest BCUT2D eigenvalue weighted by molar-refractivity contribution is 0.184. The van der Waals surface area contributed by atoms with Gasteiger partial charge in [0.05, 0.1) is 6.61 Å². The summed E-state index contributed by atoms with van der Waals surface area (Å²) in [6, 6.07) is 16.7. The van der Waals surface area contributed by atoms with E-state index in [0.29, 0.717) is 6.61 Å². The van der Waals surface area contributed by atoms with Gasteiger partial charge in [0.15, 0.2) is 0 Å². The highest BCUT2D eigenvalue weighted by Crippen LogP contribution is 2.15. The Balaban J connectivity index is 2.03. The average Bonchev–Trinajstić information content (AvgIpc) is 2.40. The standard InChI is InChI=1S/C15H16INO/c1-18-11-13-5-3-2-4-12(13)10-17-15-8-6-14(16)7-9-15/h2-9,17H,10-11H2,1H3. The van der Waals surface area contributed by atoms with Crippen LogP contribution in [0.3, 0.4) is 0 Å². The zero-order chi connectivity index (χ0) is 12.8. The lowest BCUT2D eigenvalue weighted by Crippen LogP contribution is -2.03. The van der Waals surface area contributed by atoms with Crippen LogP contribution >= 0.6 is 22.6 Å². The quantitative estimate of drug-likeness (QED) is 0.819. The van der Waals surface area contributed by atoms with Gasteiger partial charge in [-0.05, 0) is 58.0 Å². The van der Waals surface area contributed by atoms with Crippen molar-refractivity contribution in [3.63, 3.8) is 0 Å². The summed E-state index contributed by atoms with van der Waals surface area (Å²) < 4.78 is 6.46. The average molecular weight is 353 g/mol. The van der Waals surface area contributed by atoms with E-state index >= 15 is 0 Å². The van der Waals surface area contributed by atoms with E-state index in [0.717, 1.165) is 12.2 Å². The molecule has 0 saturated carbocycles. The van der Waals surface area contributed by atoms with Crippen molar-refractivity contribution in [3.8, 4) is 0 Å². The van der Waals surface area contributed by atoms with Crippen LogP contribution < -0.4 is 5.32 Å². The molecule has 0 atom stereocenters. The smallest absolute Gasteiger partial charge is 0.0716 e. The van der Waals surface area contributed by atoms with E-state index in [1.807, 2.05) is 6.07 Å². The Morgan fingerprint density at radius 2 is 1.67 bits per heavy atom. The number of hydrogen-bond donors (Lipinski definition) is 1. The van der Waals surface area contributed by atoms with E-state index in [2.05, 4.69) is 70.4 Å². The molecule has 2 aromatic rings. The lowest BCUT2D eigenvalue weighted by Gasteiger charge is -2.11. The van der Waals surface area contributed by atoms with Crippen LogP contribution in [0.5, 0.6) is 0 Å². The van der Waals surface area contributed by atoms with Gasteiger partial charge in [0.25, 0.3) is 0 Å². The van der Waals surface area contributed by atoms with Crippen molar-refractivity contribution in [2.24, 2.45) is 0 Å². The molecule has 0 amide bonds. The van der Waals surface area contributed by atoms with E-state index in [9.17, 15) is 0 Å². The van der Waals surface area contributed by atoms with E-state index in [-0.39, 0.29) is 0 Å². The van der Waals surface area contributed by atoms with Gasteiger partial charge >= 0.3 is 0 Å². The number of ether oxygens (including phenoxy) is 1. The molecule has 0 bridgehead atoms. The number of anilines is 1. The molecule has 2 aromatic carbocycles. The normalized spacial score (nSPS) is 10.3. The highest BCUT2D eigenvalue weighted by Gasteiger charge is 2.01. The highest BCUT2D eigenvalue weighted by atomic mass is 127. The van der Waals surface area contributed by atoms with Crippen molar-refractivity contribution in [1.29, 1.82) is 0 Å². The van der Waals surface area contributed by atoms with Crippen molar-refractivity contribution < 1.29 is 4.74 Å². The number of halogens is 1. The van der Waals surface area contributed by atoms with E-state index in [1.54, 1.807) is 7.11 Å². The molecule has 2 nitrogen and oxygen atoms in total. The van der Waals surface area contributed by atoms with Crippen molar-refractivity contribution in [3.05, 3.63) is 63.2 Å². The van der Waals surface area contributed by atoms with E-state index in [1.165, 1.54) is 14.7 Å². The molecule has 1 N–H and O–H groups in total. The topological polar surface area (TPSA) is 21.3 Å². The Hall–Kier alpha value is -1.07. The fourth-order valence-electron chi connectivity index (χ4n) is 1.79. The summed E-state index contributed by atoms with van der Waals surface area (Å²) in [5.41, 5.74) is 3.65. The van der Waals surface area contributed by atoms with Gasteiger partial charge < -0.3 is 10.1 Å². The van der Waals surface area contributed by atoms with Gasteiger partial charge in [-0.15, -0.1) is 0 Å². The maximum absolute atomic E-state index is 5.21. The Morgan fingerprint density at radius 1 is 1.00 bits per heavy atom. The minimum absolute atomic E-state index is 0.657. The van der Waals surface area contributed by atoms with Gasteiger partial charge in [0.2, 0.25) is 0 Å². The predicted octanol–water partition coefficient (Wildman–Crippen LogP) is 4.05. The Kier molecular flexibility index (Phi) is 5.01. The third-order valence-corrected chi connectivity index (χ3v) is 3.46. The third kappa shape index (κ3) is 3.71. The van der Waals surface area contributed by atoms with Crippen LogP contribution in [-0.2, 0) is 17.9 Å². The second-order valence-electron chi connectivity index (χ2n) is 4.06. The Morgan fingerprint density at radius 3 is 2.33 bits per heavy atom. The molecule has 0 aliphatic rings. The third-order valence-electron chi connectivity index (χ3n) is 2.75. The number of methoxy groups -OCH3 is 1. The van der Waals surface area contributed by atoms with Crippen LogP contribution in [-0.4, -0.2) is 7.11 Å². The van der Waals surface area contributed by atoms with Gasteiger partial charge in [-0.2, -0.15) is 0 Å². The number of rotatable bonds is 5. The minimum Gasteiger partial charge on any atom is -0.381 e. The molecule has 0 aliphatic heterocycles. The van der Waals surface area contributed by atoms with Crippen LogP contribution in [0.15, 0.2) is 48.5 Å². The first-order valence-corrected chi connectivity index (χ1v) is 6.92. The van der Waals surface area contributed by atoms with E-state index in [4.69, 9.17) is 4.74 Å². The molecule has 0 aliphatic carbocycles. The van der Waals surface area contributed by atoms with Crippen molar-refractivity contribution >= 4 is 28.3 Å². The summed E-state index contributed by atoms with van der Waals surface area (Å²) in [5.74, 6) is 0. The minimum atomic E-state index is 0.657. The Bertz CT molecular complexity index is 496. The zero-order valence-corrected chi connectivity index (χ0v) is 12.5. The molecule has 2 rings (SSSR count). The molecule has 0 heterocycles. The summed E-state index contributed by atoms with van der Waals surface area (Å²) in [4.78, 5) is 0. The molecule has 0 spiro atoms. The molecule has 0 aromatic heterocycles. The molecule has 94 valence electrons. The van der Waals surface area contributed by atoms with Crippen molar-refractivity contribution in [2.75, 3.05) is 12.4 Å². The predicted molar refractivity (Wildman–Crippen MR) is 83.6 cm³/mol. The molecular formula is C15H16INO. The SMILES string of the molecule is COCc1ccccc1CNc1ccc(I)cc1. The lowest BCUT2D eigenvalue weighted by atomic mass is 10.1. The second kappa shape index (κ2) is 6.75. The molecule has 0 fully saturated rings. The Labute approximate surface area is 122 Å². The summed E-state index contributed by atoms with van der Waals surface area (Å²) in [5, 5.41) is 3.43. The fourth-order valence-corrected chi connectivity index (χ4v) is 2.15. The van der Waals surface area contributed by atoms with Gasteiger partial charge in [0, 0.05) is 22.9 Å². The van der Waals surface area contributed by atoms with Crippen LogP contribution in [0.1, 0.15) is 11.1 Å². The van der Waals surface area contributed by atoms with Crippen LogP contribution in [0, 0.1) is 3.57 Å². The molecular weight excluding hydrogens is 337 g/mol. The monoisotopic (exact) mass is 353 g/mol. The van der Waals surface area contributed by atoms with Crippen LogP contribution in [0.4, 0.5) is 5.69 Å². The summed E-state index contributed by atoms with van der Waals surface area (Å²) in [6.07, 6.45) is 0. The first-order chi connectivity index (χ1) is 8.79. The van der Waals surface area contributed by atoms with E-state index < -0.39 is 0 Å². The van der Waals surface area contributed by atoms with Crippen LogP contribution in [0.25, 0.3) is 0 Å². The summed E-state index contributed by atoms with van der Waals surface area (Å²) >= 11 is 2.31. The maximum atomic E-state index is 5.21. The number of nitrogens with one attached hydrogen (secondary N) is 1. The zero-order valence-electron chi connectivity index (χ0n) is 10.3. The van der Waals surface area contributed by atoms with Gasteiger partial charge in [-0.3, -0.25) is 0 Å². The first-order valence-electron chi connectivity index (χ1n) is 5.85. The van der Waals surface area contributed by atoms with Crippen LogP contribution in [0.2, 0.25) is 0 Å². The first kappa shape index (κ1) is 13.4.